The molecule has 0 amide bonds. The van der Waals surface area contributed by atoms with E-state index in [9.17, 15) is 0 Å². The summed E-state index contributed by atoms with van der Waals surface area (Å²) in [7, 11) is 1.82. The van der Waals surface area contributed by atoms with E-state index in [4.69, 9.17) is 4.74 Å². The number of methoxy groups -OCH3 is 1. The number of nitrogens with zero attached hydrogens (tertiary/aromatic N) is 2. The van der Waals surface area contributed by atoms with Gasteiger partial charge in [-0.1, -0.05) is 6.92 Å². The van der Waals surface area contributed by atoms with Crippen LogP contribution in [-0.2, 0) is 17.6 Å². The molecule has 1 aliphatic carbocycles. The third kappa shape index (κ3) is 2.56. The fraction of sp³-hybridized carbons (Fsp3) is 0.800. The normalized spacial score (nSPS) is 30.9. The SMILES string of the molecule is CCCN1C[C@H](COC)C[C@@H]2Cc3[nH]ncc3CC21. The van der Waals surface area contributed by atoms with Crippen molar-refractivity contribution in [3.63, 3.8) is 0 Å². The smallest absolute Gasteiger partial charge is 0.0522 e. The van der Waals surface area contributed by atoms with Gasteiger partial charge in [0.25, 0.3) is 0 Å². The van der Waals surface area contributed by atoms with Crippen LogP contribution >= 0.6 is 0 Å². The summed E-state index contributed by atoms with van der Waals surface area (Å²) < 4.78 is 5.40. The van der Waals surface area contributed by atoms with Gasteiger partial charge in [-0.25, -0.2) is 0 Å². The predicted molar refractivity (Wildman–Crippen MR) is 75.1 cm³/mol. The van der Waals surface area contributed by atoms with Gasteiger partial charge in [0.15, 0.2) is 0 Å². The molecule has 4 heteroatoms. The van der Waals surface area contributed by atoms with E-state index in [2.05, 4.69) is 22.0 Å². The van der Waals surface area contributed by atoms with Gasteiger partial charge < -0.3 is 4.74 Å². The molecule has 3 atom stereocenters. The van der Waals surface area contributed by atoms with Crippen LogP contribution in [0.3, 0.4) is 0 Å². The molecule has 2 heterocycles. The van der Waals surface area contributed by atoms with E-state index in [1.807, 2.05) is 13.3 Å². The number of hydrogen-bond donors (Lipinski definition) is 1. The second-order valence-electron chi connectivity index (χ2n) is 6.16. The summed E-state index contributed by atoms with van der Waals surface area (Å²) in [5.41, 5.74) is 2.81. The summed E-state index contributed by atoms with van der Waals surface area (Å²) in [5, 5.41) is 7.40. The number of nitrogens with one attached hydrogen (secondary N) is 1. The number of aromatic nitrogens is 2. The van der Waals surface area contributed by atoms with Gasteiger partial charge in [0, 0.05) is 25.4 Å². The number of piperidine rings is 1. The van der Waals surface area contributed by atoms with Crippen molar-refractivity contribution in [3.8, 4) is 0 Å². The monoisotopic (exact) mass is 263 g/mol. The van der Waals surface area contributed by atoms with Crippen molar-refractivity contribution in [2.75, 3.05) is 26.8 Å². The van der Waals surface area contributed by atoms with Crippen molar-refractivity contribution in [1.29, 1.82) is 0 Å². The lowest BCUT2D eigenvalue weighted by Crippen LogP contribution is -2.52. The Morgan fingerprint density at radius 3 is 3.16 bits per heavy atom. The molecule has 19 heavy (non-hydrogen) atoms. The van der Waals surface area contributed by atoms with Gasteiger partial charge in [-0.15, -0.1) is 0 Å². The van der Waals surface area contributed by atoms with Gasteiger partial charge >= 0.3 is 0 Å². The first-order valence-corrected chi connectivity index (χ1v) is 7.56. The third-order valence-electron chi connectivity index (χ3n) is 4.76. The Kier molecular flexibility index (Phi) is 3.89. The standard InChI is InChI=1S/C15H25N3O/c1-3-4-18-9-11(10-19-2)5-12-6-14-13(7-15(12)18)8-16-17-14/h8,11-12,15H,3-7,9-10H2,1-2H3,(H,16,17)/t11-,12-,15?/m1/s1. The maximum Gasteiger partial charge on any atom is 0.0522 e. The molecule has 1 N–H and O–H groups in total. The topological polar surface area (TPSA) is 41.1 Å². The number of aromatic amines is 1. The summed E-state index contributed by atoms with van der Waals surface area (Å²) in [5.74, 6) is 1.47. The highest BCUT2D eigenvalue weighted by Gasteiger charge is 2.39. The van der Waals surface area contributed by atoms with Crippen LogP contribution < -0.4 is 0 Å². The first-order valence-electron chi connectivity index (χ1n) is 7.56. The largest absolute Gasteiger partial charge is 0.384 e. The number of ether oxygens (including phenoxy) is 1. The first-order chi connectivity index (χ1) is 9.31. The molecule has 2 aliphatic rings. The van der Waals surface area contributed by atoms with Crippen LogP contribution in [-0.4, -0.2) is 47.9 Å². The van der Waals surface area contributed by atoms with Crippen LogP contribution in [0, 0.1) is 11.8 Å². The zero-order valence-corrected chi connectivity index (χ0v) is 12.1. The number of fused-ring (bicyclic) bond motifs is 2. The lowest BCUT2D eigenvalue weighted by molar-refractivity contribution is 0.0167. The first kappa shape index (κ1) is 13.1. The van der Waals surface area contributed by atoms with Crippen LogP contribution in [0.1, 0.15) is 31.0 Å². The minimum atomic E-state index is 0.697. The molecule has 1 aromatic heterocycles. The highest BCUT2D eigenvalue weighted by molar-refractivity contribution is 5.23. The highest BCUT2D eigenvalue weighted by atomic mass is 16.5. The van der Waals surface area contributed by atoms with Crippen molar-refractivity contribution in [3.05, 3.63) is 17.5 Å². The summed E-state index contributed by atoms with van der Waals surface area (Å²) in [6.45, 7) is 5.60. The van der Waals surface area contributed by atoms with E-state index >= 15 is 0 Å². The maximum absolute atomic E-state index is 5.40. The van der Waals surface area contributed by atoms with Gasteiger partial charge in [-0.3, -0.25) is 10.00 Å². The molecule has 4 nitrogen and oxygen atoms in total. The molecule has 1 fully saturated rings. The molecule has 0 radical (unpaired) electrons. The number of hydrogen-bond acceptors (Lipinski definition) is 3. The highest BCUT2D eigenvalue weighted by Crippen LogP contribution is 2.36. The van der Waals surface area contributed by atoms with Crippen LogP contribution in [0.2, 0.25) is 0 Å². The van der Waals surface area contributed by atoms with E-state index in [-0.39, 0.29) is 0 Å². The predicted octanol–water partition coefficient (Wildman–Crippen LogP) is 1.87. The lowest BCUT2D eigenvalue weighted by Gasteiger charge is -2.46. The lowest BCUT2D eigenvalue weighted by atomic mass is 9.74. The Balaban J connectivity index is 1.78. The van der Waals surface area contributed by atoms with Crippen molar-refractivity contribution in [2.24, 2.45) is 11.8 Å². The molecule has 0 aromatic carbocycles. The van der Waals surface area contributed by atoms with Crippen LogP contribution in [0.25, 0.3) is 0 Å². The third-order valence-corrected chi connectivity index (χ3v) is 4.76. The van der Waals surface area contributed by atoms with Gasteiger partial charge in [0.1, 0.15) is 0 Å². The van der Waals surface area contributed by atoms with E-state index in [0.29, 0.717) is 5.92 Å². The second-order valence-corrected chi connectivity index (χ2v) is 6.16. The molecular formula is C15H25N3O. The second kappa shape index (κ2) is 5.63. The Morgan fingerprint density at radius 1 is 1.47 bits per heavy atom. The molecule has 1 saturated heterocycles. The van der Waals surface area contributed by atoms with E-state index in [0.717, 1.165) is 18.6 Å². The minimum absolute atomic E-state index is 0.697. The van der Waals surface area contributed by atoms with Crippen molar-refractivity contribution < 1.29 is 4.74 Å². The quantitative estimate of drug-likeness (QED) is 0.901. The van der Waals surface area contributed by atoms with E-state index < -0.39 is 0 Å². The number of rotatable bonds is 4. The molecule has 0 spiro atoms. The molecule has 1 aliphatic heterocycles. The molecule has 0 bridgehead atoms. The molecule has 106 valence electrons. The zero-order valence-electron chi connectivity index (χ0n) is 12.1. The average molecular weight is 263 g/mol. The Bertz CT molecular complexity index is 417. The van der Waals surface area contributed by atoms with Crippen LogP contribution in [0.5, 0.6) is 0 Å². The summed E-state index contributed by atoms with van der Waals surface area (Å²) in [4.78, 5) is 2.70. The van der Waals surface area contributed by atoms with Gasteiger partial charge in [0.05, 0.1) is 12.8 Å². The Morgan fingerprint density at radius 2 is 2.37 bits per heavy atom. The number of likely N-dealkylation sites (tertiary alicyclic amines) is 1. The summed E-state index contributed by atoms with van der Waals surface area (Å²) in [6.07, 6.45) is 6.91. The fourth-order valence-electron chi connectivity index (χ4n) is 4.02. The van der Waals surface area contributed by atoms with Crippen molar-refractivity contribution in [2.45, 2.75) is 38.6 Å². The fourth-order valence-corrected chi connectivity index (χ4v) is 4.02. The average Bonchev–Trinajstić information content (AvgIpc) is 2.84. The van der Waals surface area contributed by atoms with Gasteiger partial charge in [-0.2, -0.15) is 5.10 Å². The molecule has 1 aromatic rings. The maximum atomic E-state index is 5.40. The van der Waals surface area contributed by atoms with E-state index in [1.165, 1.54) is 50.0 Å². The molecule has 3 rings (SSSR count). The van der Waals surface area contributed by atoms with Crippen molar-refractivity contribution >= 4 is 0 Å². The Hall–Kier alpha value is -0.870. The van der Waals surface area contributed by atoms with Gasteiger partial charge in [-0.05, 0) is 49.6 Å². The molecular weight excluding hydrogens is 238 g/mol. The molecule has 1 unspecified atom stereocenters. The van der Waals surface area contributed by atoms with Crippen molar-refractivity contribution in [1.82, 2.24) is 15.1 Å². The van der Waals surface area contributed by atoms with Crippen LogP contribution in [0.15, 0.2) is 6.20 Å². The Labute approximate surface area is 115 Å². The summed E-state index contributed by atoms with van der Waals surface area (Å²) >= 11 is 0. The van der Waals surface area contributed by atoms with Crippen LogP contribution in [0.4, 0.5) is 0 Å². The van der Waals surface area contributed by atoms with E-state index in [1.54, 1.807) is 0 Å². The zero-order chi connectivity index (χ0) is 13.2. The van der Waals surface area contributed by atoms with Gasteiger partial charge in [0.2, 0.25) is 0 Å². The molecule has 0 saturated carbocycles. The summed E-state index contributed by atoms with van der Waals surface area (Å²) in [6, 6.07) is 0.721. The minimum Gasteiger partial charge on any atom is -0.384 e. The number of H-pyrrole nitrogens is 1.